The Balaban J connectivity index is 2.82. The molecular formula is C11H14FN3O2. The van der Waals surface area contributed by atoms with Gasteiger partial charge in [0.1, 0.15) is 5.82 Å². The number of nitrogens with two attached hydrogens (primary N) is 1. The molecule has 6 heteroatoms. The minimum absolute atomic E-state index is 0.0710. The first-order valence-electron chi connectivity index (χ1n) is 5.13. The van der Waals surface area contributed by atoms with E-state index < -0.39 is 17.6 Å². The summed E-state index contributed by atoms with van der Waals surface area (Å²) in [5.74, 6) is -2.01. The summed E-state index contributed by atoms with van der Waals surface area (Å²) in [6, 6.07) is 5.79. The van der Waals surface area contributed by atoms with Crippen LogP contribution >= 0.6 is 0 Å². The molecule has 0 aliphatic heterocycles. The fraction of sp³-hybridized carbons (Fsp3) is 0.273. The minimum Gasteiger partial charge on any atom is -0.409 e. The molecular weight excluding hydrogens is 225 g/mol. The number of nitrogens with one attached hydrogen (secondary N) is 1. The fourth-order valence-corrected chi connectivity index (χ4v) is 1.38. The smallest absolute Gasteiger partial charge is 0.235 e. The second-order valence-electron chi connectivity index (χ2n) is 3.45. The highest BCUT2D eigenvalue weighted by Gasteiger charge is 2.21. The van der Waals surface area contributed by atoms with Gasteiger partial charge in [-0.25, -0.2) is 4.39 Å². The second-order valence-corrected chi connectivity index (χ2v) is 3.45. The van der Waals surface area contributed by atoms with E-state index in [9.17, 15) is 9.18 Å². The van der Waals surface area contributed by atoms with E-state index >= 15 is 0 Å². The Morgan fingerprint density at radius 1 is 1.59 bits per heavy atom. The molecule has 1 atom stereocenters. The highest BCUT2D eigenvalue weighted by Crippen LogP contribution is 2.14. The van der Waals surface area contributed by atoms with Gasteiger partial charge in [0, 0.05) is 0 Å². The van der Waals surface area contributed by atoms with E-state index in [1.165, 1.54) is 18.2 Å². The van der Waals surface area contributed by atoms with Crippen LogP contribution in [0.1, 0.15) is 13.3 Å². The molecule has 4 N–H and O–H groups in total. The lowest BCUT2D eigenvalue weighted by Crippen LogP contribution is -2.34. The number of carbonyl (C=O) groups excluding carboxylic acids is 1. The van der Waals surface area contributed by atoms with E-state index in [0.717, 1.165) is 0 Å². The Bertz CT molecular complexity index is 434. The summed E-state index contributed by atoms with van der Waals surface area (Å²) in [4.78, 5) is 11.7. The van der Waals surface area contributed by atoms with Crippen LogP contribution in [0.2, 0.25) is 0 Å². The van der Waals surface area contributed by atoms with Gasteiger partial charge < -0.3 is 16.3 Å². The van der Waals surface area contributed by atoms with Crippen molar-refractivity contribution < 1.29 is 14.4 Å². The van der Waals surface area contributed by atoms with Crippen molar-refractivity contribution in [1.29, 1.82) is 0 Å². The van der Waals surface area contributed by atoms with Crippen LogP contribution in [0, 0.1) is 11.7 Å². The van der Waals surface area contributed by atoms with Crippen molar-refractivity contribution in [2.75, 3.05) is 5.32 Å². The summed E-state index contributed by atoms with van der Waals surface area (Å²) in [6.07, 6.45) is 0.357. The van der Waals surface area contributed by atoms with Gasteiger partial charge in [-0.3, -0.25) is 4.79 Å². The van der Waals surface area contributed by atoms with E-state index in [-0.39, 0.29) is 11.5 Å². The van der Waals surface area contributed by atoms with Crippen LogP contribution in [-0.4, -0.2) is 17.0 Å². The van der Waals surface area contributed by atoms with E-state index in [0.29, 0.717) is 6.42 Å². The number of hydrogen-bond donors (Lipinski definition) is 3. The topological polar surface area (TPSA) is 87.7 Å². The van der Waals surface area contributed by atoms with Gasteiger partial charge in [-0.2, -0.15) is 0 Å². The summed E-state index contributed by atoms with van der Waals surface area (Å²) in [7, 11) is 0. The number of halogens is 1. The predicted octanol–water partition coefficient (Wildman–Crippen LogP) is 1.54. The van der Waals surface area contributed by atoms with Crippen LogP contribution in [-0.2, 0) is 4.79 Å². The zero-order chi connectivity index (χ0) is 12.8. The Morgan fingerprint density at radius 2 is 2.24 bits per heavy atom. The average Bonchev–Trinajstić information content (AvgIpc) is 2.32. The molecule has 1 rings (SSSR count). The lowest BCUT2D eigenvalue weighted by atomic mass is 10.0. The SMILES string of the molecule is CCC(C(=O)Nc1ccccc1F)C(N)=NO. The molecule has 0 bridgehead atoms. The number of amides is 1. The van der Waals surface area contributed by atoms with E-state index in [4.69, 9.17) is 10.9 Å². The zero-order valence-electron chi connectivity index (χ0n) is 9.35. The van der Waals surface area contributed by atoms with Gasteiger partial charge in [-0.15, -0.1) is 0 Å². The fourth-order valence-electron chi connectivity index (χ4n) is 1.38. The molecule has 0 radical (unpaired) electrons. The third-order valence-corrected chi connectivity index (χ3v) is 2.33. The van der Waals surface area contributed by atoms with E-state index in [1.54, 1.807) is 13.0 Å². The Labute approximate surface area is 98.1 Å². The number of nitrogens with zero attached hydrogens (tertiary/aromatic N) is 1. The molecule has 92 valence electrons. The number of carbonyl (C=O) groups is 1. The molecule has 1 aromatic carbocycles. The third-order valence-electron chi connectivity index (χ3n) is 2.33. The standard InChI is InChI=1S/C11H14FN3O2/c1-2-7(10(13)15-17)11(16)14-9-6-4-3-5-8(9)12/h3-7,17H,2H2,1H3,(H2,13,15)(H,14,16). The van der Waals surface area contributed by atoms with Gasteiger partial charge in [0.2, 0.25) is 5.91 Å². The van der Waals surface area contributed by atoms with Crippen molar-refractivity contribution in [3.8, 4) is 0 Å². The van der Waals surface area contributed by atoms with Crippen molar-refractivity contribution in [3.05, 3.63) is 30.1 Å². The third kappa shape index (κ3) is 3.17. The number of anilines is 1. The van der Waals surface area contributed by atoms with Gasteiger partial charge >= 0.3 is 0 Å². The van der Waals surface area contributed by atoms with E-state index in [1.807, 2.05) is 0 Å². The van der Waals surface area contributed by atoms with Crippen LogP contribution in [0.4, 0.5) is 10.1 Å². The van der Waals surface area contributed by atoms with Crippen molar-refractivity contribution >= 4 is 17.4 Å². The molecule has 1 unspecified atom stereocenters. The summed E-state index contributed by atoms with van der Waals surface area (Å²) in [5.41, 5.74) is 5.44. The number of benzene rings is 1. The summed E-state index contributed by atoms with van der Waals surface area (Å²) >= 11 is 0. The summed E-state index contributed by atoms with van der Waals surface area (Å²) in [6.45, 7) is 1.71. The molecule has 0 saturated carbocycles. The maximum Gasteiger partial charge on any atom is 0.235 e. The summed E-state index contributed by atoms with van der Waals surface area (Å²) < 4.78 is 13.3. The molecule has 5 nitrogen and oxygen atoms in total. The molecule has 0 spiro atoms. The summed E-state index contributed by atoms with van der Waals surface area (Å²) in [5, 5.41) is 13.7. The highest BCUT2D eigenvalue weighted by atomic mass is 19.1. The van der Waals surface area contributed by atoms with Crippen LogP contribution in [0.3, 0.4) is 0 Å². The van der Waals surface area contributed by atoms with Crippen molar-refractivity contribution in [1.82, 2.24) is 0 Å². The second kappa shape index (κ2) is 5.83. The molecule has 1 amide bonds. The Morgan fingerprint density at radius 3 is 2.76 bits per heavy atom. The maximum atomic E-state index is 13.3. The lowest BCUT2D eigenvalue weighted by Gasteiger charge is -2.13. The molecule has 0 aliphatic carbocycles. The molecule has 0 aliphatic rings. The normalized spacial score (nSPS) is 13.2. The van der Waals surface area contributed by atoms with Crippen molar-refractivity contribution in [2.45, 2.75) is 13.3 Å². The Hall–Kier alpha value is -2.11. The Kier molecular flexibility index (Phi) is 4.45. The molecule has 0 saturated heterocycles. The quantitative estimate of drug-likeness (QED) is 0.322. The van der Waals surface area contributed by atoms with Crippen LogP contribution in [0.25, 0.3) is 0 Å². The molecule has 0 fully saturated rings. The van der Waals surface area contributed by atoms with Gasteiger partial charge in [0.15, 0.2) is 5.84 Å². The first-order valence-corrected chi connectivity index (χ1v) is 5.13. The predicted molar refractivity (Wildman–Crippen MR) is 62.2 cm³/mol. The van der Waals surface area contributed by atoms with Crippen LogP contribution < -0.4 is 11.1 Å². The number of amidine groups is 1. The number of oxime groups is 1. The van der Waals surface area contributed by atoms with Crippen molar-refractivity contribution in [2.24, 2.45) is 16.8 Å². The van der Waals surface area contributed by atoms with Gasteiger partial charge in [-0.1, -0.05) is 24.2 Å². The van der Waals surface area contributed by atoms with Crippen LogP contribution in [0.15, 0.2) is 29.4 Å². The van der Waals surface area contributed by atoms with E-state index in [2.05, 4.69) is 10.5 Å². The van der Waals surface area contributed by atoms with Gasteiger partial charge in [0.05, 0.1) is 11.6 Å². The molecule has 1 aromatic rings. The molecule has 0 heterocycles. The monoisotopic (exact) mass is 239 g/mol. The molecule has 17 heavy (non-hydrogen) atoms. The van der Waals surface area contributed by atoms with Crippen LogP contribution in [0.5, 0.6) is 0 Å². The zero-order valence-corrected chi connectivity index (χ0v) is 9.35. The number of hydrogen-bond acceptors (Lipinski definition) is 3. The minimum atomic E-state index is -0.778. The average molecular weight is 239 g/mol. The maximum absolute atomic E-state index is 13.3. The van der Waals surface area contributed by atoms with Crippen molar-refractivity contribution in [3.63, 3.8) is 0 Å². The number of rotatable bonds is 4. The first-order chi connectivity index (χ1) is 8.10. The molecule has 0 aromatic heterocycles. The highest BCUT2D eigenvalue weighted by molar-refractivity contribution is 6.07. The first kappa shape index (κ1) is 13.0. The number of para-hydroxylation sites is 1. The largest absolute Gasteiger partial charge is 0.409 e. The lowest BCUT2D eigenvalue weighted by molar-refractivity contribution is -0.118. The van der Waals surface area contributed by atoms with Gasteiger partial charge in [-0.05, 0) is 18.6 Å². The van der Waals surface area contributed by atoms with Gasteiger partial charge in [0.25, 0.3) is 0 Å².